The lowest BCUT2D eigenvalue weighted by Crippen LogP contribution is -2.47. The van der Waals surface area contributed by atoms with E-state index < -0.39 is 0 Å². The zero-order valence-corrected chi connectivity index (χ0v) is 11.6. The van der Waals surface area contributed by atoms with Crippen LogP contribution in [0.2, 0.25) is 0 Å². The van der Waals surface area contributed by atoms with E-state index in [-0.39, 0.29) is 30.4 Å². The molecule has 0 aromatic heterocycles. The first-order valence-corrected chi connectivity index (χ1v) is 6.08. The van der Waals surface area contributed by atoms with Crippen LogP contribution in [-0.4, -0.2) is 48.9 Å². The van der Waals surface area contributed by atoms with E-state index in [4.69, 9.17) is 0 Å². The Morgan fingerprint density at radius 3 is 2.24 bits per heavy atom. The summed E-state index contributed by atoms with van der Waals surface area (Å²) in [5.41, 5.74) is -0.191. The van der Waals surface area contributed by atoms with Crippen LogP contribution in [0.4, 0.5) is 0 Å². The summed E-state index contributed by atoms with van der Waals surface area (Å²) in [5.74, 6) is -0.0844. The van der Waals surface area contributed by atoms with Crippen LogP contribution in [0.3, 0.4) is 0 Å². The van der Waals surface area contributed by atoms with E-state index in [0.29, 0.717) is 6.54 Å². The van der Waals surface area contributed by atoms with Crippen LogP contribution in [0.5, 0.6) is 0 Å². The summed E-state index contributed by atoms with van der Waals surface area (Å²) in [6, 6.07) is 0. The Hall–Kier alpha value is -1.10. The lowest BCUT2D eigenvalue weighted by molar-refractivity contribution is -0.128. The molecule has 0 heterocycles. The van der Waals surface area contributed by atoms with Crippen LogP contribution in [-0.2, 0) is 9.59 Å². The monoisotopic (exact) mass is 243 g/mol. The molecule has 0 bridgehead atoms. The highest BCUT2D eigenvalue weighted by Crippen LogP contribution is 2.05. The molecule has 0 aliphatic rings. The minimum atomic E-state index is -0.191. The van der Waals surface area contributed by atoms with Gasteiger partial charge in [-0.15, -0.1) is 0 Å². The van der Waals surface area contributed by atoms with E-state index in [0.717, 1.165) is 6.42 Å². The van der Waals surface area contributed by atoms with Crippen LogP contribution in [0, 0.1) is 0 Å². The quantitative estimate of drug-likeness (QED) is 0.678. The van der Waals surface area contributed by atoms with Crippen LogP contribution in [0.25, 0.3) is 0 Å². The third kappa shape index (κ3) is 6.94. The smallest absolute Gasteiger partial charge is 0.236 e. The first kappa shape index (κ1) is 15.9. The molecule has 0 fully saturated rings. The molecule has 100 valence electrons. The maximum Gasteiger partial charge on any atom is 0.236 e. The van der Waals surface area contributed by atoms with Crippen LogP contribution < -0.4 is 10.6 Å². The maximum atomic E-state index is 11.5. The molecule has 17 heavy (non-hydrogen) atoms. The molecule has 0 aliphatic heterocycles. The fourth-order valence-corrected chi connectivity index (χ4v) is 1.10. The number of carbonyl (C=O) groups excluding carboxylic acids is 2. The topological polar surface area (TPSA) is 61.4 Å². The SMILES string of the molecule is CCN(C)C(=O)CNCC(=O)NC(C)(C)CC. The highest BCUT2D eigenvalue weighted by Gasteiger charge is 2.17. The predicted octanol–water partition coefficient (Wildman–Crippen LogP) is 0.359. The predicted molar refractivity (Wildman–Crippen MR) is 68.7 cm³/mol. The molecule has 0 spiro atoms. The highest BCUT2D eigenvalue weighted by atomic mass is 16.2. The van der Waals surface area contributed by atoms with Gasteiger partial charge >= 0.3 is 0 Å². The maximum absolute atomic E-state index is 11.5. The van der Waals surface area contributed by atoms with Crippen molar-refractivity contribution in [2.75, 3.05) is 26.7 Å². The second kappa shape index (κ2) is 7.27. The Morgan fingerprint density at radius 1 is 1.18 bits per heavy atom. The largest absolute Gasteiger partial charge is 0.350 e. The minimum Gasteiger partial charge on any atom is -0.350 e. The summed E-state index contributed by atoms with van der Waals surface area (Å²) in [5, 5.41) is 5.74. The fourth-order valence-electron chi connectivity index (χ4n) is 1.10. The van der Waals surface area contributed by atoms with E-state index in [1.165, 1.54) is 0 Å². The molecule has 0 atom stereocenters. The molecular formula is C12H25N3O2. The van der Waals surface area contributed by atoms with E-state index in [1.807, 2.05) is 27.7 Å². The first-order valence-electron chi connectivity index (χ1n) is 6.08. The fraction of sp³-hybridized carbons (Fsp3) is 0.833. The van der Waals surface area contributed by atoms with Crippen LogP contribution >= 0.6 is 0 Å². The molecule has 2 amide bonds. The number of nitrogens with zero attached hydrogens (tertiary/aromatic N) is 1. The zero-order valence-electron chi connectivity index (χ0n) is 11.6. The number of nitrogens with one attached hydrogen (secondary N) is 2. The Bertz CT molecular complexity index is 264. The van der Waals surface area contributed by atoms with Crippen molar-refractivity contribution in [3.63, 3.8) is 0 Å². The Balaban J connectivity index is 3.83. The summed E-state index contributed by atoms with van der Waals surface area (Å²) < 4.78 is 0. The van der Waals surface area contributed by atoms with Gasteiger partial charge < -0.3 is 10.2 Å². The summed E-state index contributed by atoms with van der Waals surface area (Å²) in [6.45, 7) is 8.93. The molecule has 0 saturated carbocycles. The van der Waals surface area contributed by atoms with Crippen molar-refractivity contribution < 1.29 is 9.59 Å². The van der Waals surface area contributed by atoms with Crippen molar-refractivity contribution in [1.29, 1.82) is 0 Å². The average molecular weight is 243 g/mol. The first-order chi connectivity index (χ1) is 7.82. The molecule has 0 saturated heterocycles. The zero-order chi connectivity index (χ0) is 13.5. The molecule has 5 heteroatoms. The molecular weight excluding hydrogens is 218 g/mol. The van der Waals surface area contributed by atoms with Gasteiger partial charge in [0.1, 0.15) is 0 Å². The Morgan fingerprint density at radius 2 is 1.76 bits per heavy atom. The van der Waals surface area contributed by atoms with E-state index in [1.54, 1.807) is 11.9 Å². The lowest BCUT2D eigenvalue weighted by atomic mass is 10.0. The van der Waals surface area contributed by atoms with Crippen molar-refractivity contribution in [2.24, 2.45) is 0 Å². The van der Waals surface area contributed by atoms with Gasteiger partial charge in [-0.2, -0.15) is 0 Å². The van der Waals surface area contributed by atoms with Gasteiger partial charge in [-0.25, -0.2) is 0 Å². The number of hydrogen-bond donors (Lipinski definition) is 2. The van der Waals surface area contributed by atoms with Crippen molar-refractivity contribution in [1.82, 2.24) is 15.5 Å². The van der Waals surface area contributed by atoms with E-state index in [2.05, 4.69) is 10.6 Å². The normalized spacial score (nSPS) is 11.1. The Kier molecular flexibility index (Phi) is 6.80. The molecule has 0 aromatic carbocycles. The standard InChI is InChI=1S/C12H25N3O2/c1-6-12(3,4)14-10(16)8-13-9-11(17)15(5)7-2/h13H,6-9H2,1-5H3,(H,14,16). The number of amides is 2. The van der Waals surface area contributed by atoms with Gasteiger partial charge in [0.25, 0.3) is 0 Å². The summed E-state index contributed by atoms with van der Waals surface area (Å²) in [4.78, 5) is 24.6. The van der Waals surface area contributed by atoms with Crippen molar-refractivity contribution in [3.05, 3.63) is 0 Å². The summed E-state index contributed by atoms with van der Waals surface area (Å²) in [7, 11) is 1.74. The van der Waals surface area contributed by atoms with Gasteiger partial charge in [-0.3, -0.25) is 14.9 Å². The number of likely N-dealkylation sites (N-methyl/N-ethyl adjacent to an activating group) is 1. The van der Waals surface area contributed by atoms with E-state index in [9.17, 15) is 9.59 Å². The number of carbonyl (C=O) groups is 2. The second-order valence-corrected chi connectivity index (χ2v) is 4.80. The molecule has 0 rings (SSSR count). The lowest BCUT2D eigenvalue weighted by Gasteiger charge is -2.24. The van der Waals surface area contributed by atoms with Crippen molar-refractivity contribution >= 4 is 11.8 Å². The molecule has 0 unspecified atom stereocenters. The van der Waals surface area contributed by atoms with Gasteiger partial charge in [0, 0.05) is 19.1 Å². The highest BCUT2D eigenvalue weighted by molar-refractivity contribution is 5.81. The van der Waals surface area contributed by atoms with Crippen LogP contribution in [0.15, 0.2) is 0 Å². The second-order valence-electron chi connectivity index (χ2n) is 4.80. The molecule has 2 N–H and O–H groups in total. The molecule has 0 aliphatic carbocycles. The van der Waals surface area contributed by atoms with Gasteiger partial charge in [-0.05, 0) is 27.2 Å². The summed E-state index contributed by atoms with van der Waals surface area (Å²) >= 11 is 0. The van der Waals surface area contributed by atoms with Gasteiger partial charge in [0.05, 0.1) is 13.1 Å². The van der Waals surface area contributed by atoms with Gasteiger partial charge in [-0.1, -0.05) is 6.92 Å². The summed E-state index contributed by atoms with van der Waals surface area (Å²) in [6.07, 6.45) is 0.871. The van der Waals surface area contributed by atoms with E-state index >= 15 is 0 Å². The Labute approximate surface area is 104 Å². The van der Waals surface area contributed by atoms with Crippen molar-refractivity contribution in [3.8, 4) is 0 Å². The molecule has 0 aromatic rings. The molecule has 5 nitrogen and oxygen atoms in total. The van der Waals surface area contributed by atoms with Crippen molar-refractivity contribution in [2.45, 2.75) is 39.7 Å². The number of rotatable bonds is 7. The average Bonchev–Trinajstić information content (AvgIpc) is 2.27. The van der Waals surface area contributed by atoms with Gasteiger partial charge in [0.15, 0.2) is 0 Å². The third-order valence-corrected chi connectivity index (χ3v) is 2.82. The van der Waals surface area contributed by atoms with Crippen LogP contribution in [0.1, 0.15) is 34.1 Å². The molecule has 0 radical (unpaired) electrons. The number of hydrogen-bond acceptors (Lipinski definition) is 3. The third-order valence-electron chi connectivity index (χ3n) is 2.82. The van der Waals surface area contributed by atoms with Gasteiger partial charge in [0.2, 0.25) is 11.8 Å². The minimum absolute atomic E-state index is 0.00458.